The highest BCUT2D eigenvalue weighted by Gasteiger charge is 1.95. The van der Waals surface area contributed by atoms with Crippen molar-refractivity contribution < 1.29 is 4.74 Å². The van der Waals surface area contributed by atoms with Crippen LogP contribution in [0.2, 0.25) is 0 Å². The lowest BCUT2D eigenvalue weighted by Gasteiger charge is -2.15. The molecule has 0 aliphatic carbocycles. The minimum Gasteiger partial charge on any atom is -0.379 e. The lowest BCUT2D eigenvalue weighted by molar-refractivity contribution is 0.124. The number of rotatable bonds is 8. The summed E-state index contributed by atoms with van der Waals surface area (Å²) in [5.74, 6) is 0.818. The molecule has 74 valence electrons. The molecule has 0 rings (SSSR count). The van der Waals surface area contributed by atoms with E-state index in [-0.39, 0.29) is 0 Å². The fourth-order valence-corrected chi connectivity index (χ4v) is 1.06. The first kappa shape index (κ1) is 12.3. The van der Waals surface area contributed by atoms with E-state index in [1.165, 1.54) is 19.4 Å². The molecule has 0 radical (unpaired) electrons. The molecule has 3 heteroatoms. The van der Waals surface area contributed by atoms with Crippen molar-refractivity contribution in [2.24, 2.45) is 0 Å². The molecule has 12 heavy (non-hydrogen) atoms. The van der Waals surface area contributed by atoms with Crippen molar-refractivity contribution in [1.29, 1.82) is 0 Å². The Morgan fingerprint density at radius 1 is 1.25 bits per heavy atom. The molecule has 0 atom stereocenters. The maximum atomic E-state index is 5.32. The van der Waals surface area contributed by atoms with Crippen molar-refractivity contribution in [2.45, 2.75) is 19.8 Å². The van der Waals surface area contributed by atoms with E-state index in [1.54, 1.807) is 0 Å². The SMILES string of the molecule is CCCCN(C)CCOCCS. The number of hydrogen-bond acceptors (Lipinski definition) is 3. The molecular weight excluding hydrogens is 170 g/mol. The van der Waals surface area contributed by atoms with Crippen LogP contribution >= 0.6 is 12.6 Å². The van der Waals surface area contributed by atoms with E-state index in [1.807, 2.05) is 0 Å². The molecule has 2 nitrogen and oxygen atoms in total. The quantitative estimate of drug-likeness (QED) is 0.463. The van der Waals surface area contributed by atoms with Crippen LogP contribution in [-0.4, -0.2) is 44.0 Å². The first-order chi connectivity index (χ1) is 5.81. The Hall–Kier alpha value is 0.270. The van der Waals surface area contributed by atoms with Crippen LogP contribution in [0.1, 0.15) is 19.8 Å². The fourth-order valence-electron chi connectivity index (χ4n) is 0.927. The van der Waals surface area contributed by atoms with Crippen LogP contribution in [0.5, 0.6) is 0 Å². The number of ether oxygens (including phenoxy) is 1. The number of unbranched alkanes of at least 4 members (excludes halogenated alkanes) is 1. The van der Waals surface area contributed by atoms with Crippen molar-refractivity contribution in [1.82, 2.24) is 4.90 Å². The molecule has 0 fully saturated rings. The van der Waals surface area contributed by atoms with Crippen LogP contribution in [0.25, 0.3) is 0 Å². The Morgan fingerprint density at radius 2 is 2.00 bits per heavy atom. The van der Waals surface area contributed by atoms with E-state index in [9.17, 15) is 0 Å². The lowest BCUT2D eigenvalue weighted by Crippen LogP contribution is -2.24. The third-order valence-corrected chi connectivity index (χ3v) is 1.93. The third-order valence-electron chi connectivity index (χ3n) is 1.75. The van der Waals surface area contributed by atoms with Crippen LogP contribution in [0.4, 0.5) is 0 Å². The van der Waals surface area contributed by atoms with Crippen molar-refractivity contribution in [3.63, 3.8) is 0 Å². The highest BCUT2D eigenvalue weighted by Crippen LogP contribution is 1.91. The van der Waals surface area contributed by atoms with Crippen molar-refractivity contribution in [3.05, 3.63) is 0 Å². The summed E-state index contributed by atoms with van der Waals surface area (Å²) >= 11 is 4.06. The molecule has 0 saturated heterocycles. The number of likely N-dealkylation sites (N-methyl/N-ethyl adjacent to an activating group) is 1. The molecule has 0 N–H and O–H groups in total. The van der Waals surface area contributed by atoms with Gasteiger partial charge in [-0.25, -0.2) is 0 Å². The summed E-state index contributed by atoms with van der Waals surface area (Å²) in [6.45, 7) is 6.03. The summed E-state index contributed by atoms with van der Waals surface area (Å²) in [5.41, 5.74) is 0. The minimum absolute atomic E-state index is 0.769. The zero-order valence-corrected chi connectivity index (χ0v) is 9.15. The van der Waals surface area contributed by atoms with Gasteiger partial charge in [0.05, 0.1) is 13.2 Å². The Morgan fingerprint density at radius 3 is 2.58 bits per heavy atom. The molecule has 0 bridgehead atoms. The molecule has 0 unspecified atom stereocenters. The van der Waals surface area contributed by atoms with Crippen molar-refractivity contribution in [2.75, 3.05) is 39.1 Å². The van der Waals surface area contributed by atoms with Crippen LogP contribution in [0.3, 0.4) is 0 Å². The highest BCUT2D eigenvalue weighted by molar-refractivity contribution is 7.80. The third kappa shape index (κ3) is 8.37. The Labute approximate surface area is 81.7 Å². The molecule has 0 saturated carbocycles. The van der Waals surface area contributed by atoms with E-state index in [2.05, 4.69) is 31.5 Å². The standard InChI is InChI=1S/C9H21NOS/c1-3-4-5-10(2)6-7-11-8-9-12/h12H,3-9H2,1-2H3. The highest BCUT2D eigenvalue weighted by atomic mass is 32.1. The van der Waals surface area contributed by atoms with Gasteiger partial charge in [-0.2, -0.15) is 12.6 Å². The predicted octanol–water partition coefficient (Wildman–Crippen LogP) is 1.66. The van der Waals surface area contributed by atoms with Gasteiger partial charge in [0, 0.05) is 12.3 Å². The van der Waals surface area contributed by atoms with E-state index >= 15 is 0 Å². The van der Waals surface area contributed by atoms with Crippen LogP contribution in [0.15, 0.2) is 0 Å². The fraction of sp³-hybridized carbons (Fsp3) is 1.00. The Kier molecular flexibility index (Phi) is 9.57. The zero-order chi connectivity index (χ0) is 9.23. The first-order valence-electron chi connectivity index (χ1n) is 4.68. The van der Waals surface area contributed by atoms with E-state index < -0.39 is 0 Å². The van der Waals surface area contributed by atoms with Gasteiger partial charge in [-0.05, 0) is 20.0 Å². The van der Waals surface area contributed by atoms with Crippen LogP contribution in [-0.2, 0) is 4.74 Å². The van der Waals surface area contributed by atoms with Gasteiger partial charge in [-0.15, -0.1) is 0 Å². The maximum absolute atomic E-state index is 5.32. The van der Waals surface area contributed by atoms with Gasteiger partial charge >= 0.3 is 0 Å². The molecule has 0 aliphatic rings. The lowest BCUT2D eigenvalue weighted by atomic mass is 10.3. The van der Waals surface area contributed by atoms with Gasteiger partial charge in [0.15, 0.2) is 0 Å². The van der Waals surface area contributed by atoms with Gasteiger partial charge in [-0.3, -0.25) is 0 Å². The number of thiol groups is 1. The number of hydrogen-bond donors (Lipinski definition) is 1. The molecule has 0 aromatic rings. The van der Waals surface area contributed by atoms with E-state index in [4.69, 9.17) is 4.74 Å². The smallest absolute Gasteiger partial charge is 0.0593 e. The normalized spacial score (nSPS) is 11.0. The minimum atomic E-state index is 0.769. The topological polar surface area (TPSA) is 12.5 Å². The van der Waals surface area contributed by atoms with Gasteiger partial charge in [0.25, 0.3) is 0 Å². The number of nitrogens with zero attached hydrogens (tertiary/aromatic N) is 1. The zero-order valence-electron chi connectivity index (χ0n) is 8.25. The van der Waals surface area contributed by atoms with Crippen LogP contribution in [0, 0.1) is 0 Å². The largest absolute Gasteiger partial charge is 0.379 e. The predicted molar refractivity (Wildman–Crippen MR) is 57.1 cm³/mol. The van der Waals surface area contributed by atoms with E-state index in [0.717, 1.165) is 25.5 Å². The summed E-state index contributed by atoms with van der Waals surface area (Å²) in [7, 11) is 2.14. The second-order valence-corrected chi connectivity index (χ2v) is 3.44. The monoisotopic (exact) mass is 191 g/mol. The summed E-state index contributed by atoms with van der Waals surface area (Å²) in [5, 5.41) is 0. The Bertz CT molecular complexity index is 90.6. The van der Waals surface area contributed by atoms with Crippen molar-refractivity contribution in [3.8, 4) is 0 Å². The molecule has 0 aromatic carbocycles. The molecular formula is C9H21NOS. The van der Waals surface area contributed by atoms with Gasteiger partial charge in [-0.1, -0.05) is 13.3 Å². The molecule has 0 aliphatic heterocycles. The average Bonchev–Trinajstić information content (AvgIpc) is 2.09. The van der Waals surface area contributed by atoms with Gasteiger partial charge < -0.3 is 9.64 Å². The second kappa shape index (κ2) is 9.36. The molecule has 0 aromatic heterocycles. The summed E-state index contributed by atoms with van der Waals surface area (Å²) in [6, 6.07) is 0. The molecule has 0 amide bonds. The molecule has 0 heterocycles. The summed E-state index contributed by atoms with van der Waals surface area (Å²) < 4.78 is 5.32. The van der Waals surface area contributed by atoms with Crippen molar-refractivity contribution >= 4 is 12.6 Å². The average molecular weight is 191 g/mol. The summed E-state index contributed by atoms with van der Waals surface area (Å²) in [6.07, 6.45) is 2.55. The first-order valence-corrected chi connectivity index (χ1v) is 5.31. The molecule has 0 spiro atoms. The summed E-state index contributed by atoms with van der Waals surface area (Å²) in [4.78, 5) is 2.31. The second-order valence-electron chi connectivity index (χ2n) is 2.99. The van der Waals surface area contributed by atoms with Gasteiger partial charge in [0.1, 0.15) is 0 Å². The van der Waals surface area contributed by atoms with Crippen LogP contribution < -0.4 is 0 Å². The maximum Gasteiger partial charge on any atom is 0.0593 e. The van der Waals surface area contributed by atoms with E-state index in [0.29, 0.717) is 0 Å². The van der Waals surface area contributed by atoms with Gasteiger partial charge in [0.2, 0.25) is 0 Å². The Balaban J connectivity index is 3.02.